The minimum atomic E-state index is -0.612. The molecule has 10 heteroatoms. The normalized spacial score (nSPS) is 17.5. The molecule has 4 amide bonds. The lowest BCUT2D eigenvalue weighted by Gasteiger charge is -2.30. The molecule has 1 aromatic heterocycles. The van der Waals surface area contributed by atoms with Crippen molar-refractivity contribution in [2.45, 2.75) is 76.7 Å². The van der Waals surface area contributed by atoms with E-state index in [1.165, 1.54) is 6.92 Å². The summed E-state index contributed by atoms with van der Waals surface area (Å²) in [6.07, 6.45) is 8.18. The molecule has 2 aromatic rings. The van der Waals surface area contributed by atoms with Crippen LogP contribution in [0.4, 0.5) is 16.2 Å². The molecule has 2 heterocycles. The third-order valence-corrected chi connectivity index (χ3v) is 6.67. The summed E-state index contributed by atoms with van der Waals surface area (Å²) in [5, 5.41) is 13.0. The molecular formula is C25H34N6O4. The number of para-hydroxylation sites is 2. The highest BCUT2D eigenvalue weighted by Gasteiger charge is 2.38. The first-order chi connectivity index (χ1) is 16.9. The van der Waals surface area contributed by atoms with Gasteiger partial charge in [-0.2, -0.15) is 4.98 Å². The van der Waals surface area contributed by atoms with Crippen LogP contribution >= 0.6 is 0 Å². The van der Waals surface area contributed by atoms with Crippen molar-refractivity contribution in [2.75, 3.05) is 23.7 Å². The number of hydrogen-bond donors (Lipinski definition) is 3. The summed E-state index contributed by atoms with van der Waals surface area (Å²) in [5.41, 5.74) is 0.488. The van der Waals surface area contributed by atoms with Gasteiger partial charge in [0.2, 0.25) is 17.7 Å². The van der Waals surface area contributed by atoms with Crippen molar-refractivity contribution in [3.63, 3.8) is 0 Å². The van der Waals surface area contributed by atoms with Crippen molar-refractivity contribution >= 4 is 29.2 Å². The Morgan fingerprint density at radius 3 is 2.29 bits per heavy atom. The van der Waals surface area contributed by atoms with Crippen molar-refractivity contribution in [1.29, 1.82) is 0 Å². The number of amides is 4. The van der Waals surface area contributed by atoms with Crippen LogP contribution in [0.2, 0.25) is 0 Å². The van der Waals surface area contributed by atoms with Crippen molar-refractivity contribution in [2.24, 2.45) is 0 Å². The largest absolute Gasteiger partial charge is 0.343 e. The molecule has 0 unspecified atom stereocenters. The molecule has 1 aliphatic heterocycles. The molecular weight excluding hydrogens is 448 g/mol. The van der Waals surface area contributed by atoms with E-state index < -0.39 is 5.54 Å². The predicted octanol–water partition coefficient (Wildman–Crippen LogP) is 3.95. The van der Waals surface area contributed by atoms with Crippen LogP contribution in [0.5, 0.6) is 0 Å². The second-order valence-electron chi connectivity index (χ2n) is 9.41. The summed E-state index contributed by atoms with van der Waals surface area (Å²) in [7, 11) is 0. The topological polar surface area (TPSA) is 129 Å². The minimum Gasteiger partial charge on any atom is -0.343 e. The summed E-state index contributed by atoms with van der Waals surface area (Å²) < 4.78 is 5.44. The van der Waals surface area contributed by atoms with E-state index in [1.807, 2.05) is 6.07 Å². The molecule has 0 spiro atoms. The van der Waals surface area contributed by atoms with E-state index in [2.05, 4.69) is 26.1 Å². The van der Waals surface area contributed by atoms with E-state index >= 15 is 0 Å². The molecule has 0 bridgehead atoms. The monoisotopic (exact) mass is 482 g/mol. The van der Waals surface area contributed by atoms with Crippen molar-refractivity contribution in [3.8, 4) is 0 Å². The highest BCUT2D eigenvalue weighted by atomic mass is 16.5. The molecule has 4 rings (SSSR count). The second kappa shape index (κ2) is 11.3. The van der Waals surface area contributed by atoms with Crippen molar-refractivity contribution in [1.82, 2.24) is 20.4 Å². The average molecular weight is 483 g/mol. The Morgan fingerprint density at radius 1 is 0.971 bits per heavy atom. The van der Waals surface area contributed by atoms with Gasteiger partial charge < -0.3 is 25.4 Å². The first-order valence-electron chi connectivity index (χ1n) is 12.5. The zero-order valence-corrected chi connectivity index (χ0v) is 20.3. The number of carbonyl (C=O) groups excluding carboxylic acids is 3. The van der Waals surface area contributed by atoms with E-state index in [9.17, 15) is 14.4 Å². The fourth-order valence-corrected chi connectivity index (χ4v) is 4.87. The Bertz CT molecular complexity index is 1040. The molecule has 1 saturated heterocycles. The maximum atomic E-state index is 12.7. The number of benzene rings is 1. The Morgan fingerprint density at radius 2 is 1.63 bits per heavy atom. The predicted molar refractivity (Wildman–Crippen MR) is 131 cm³/mol. The molecule has 35 heavy (non-hydrogen) atoms. The van der Waals surface area contributed by atoms with Crippen LogP contribution in [0.1, 0.15) is 76.4 Å². The minimum absolute atomic E-state index is 0.117. The number of aromatic nitrogens is 2. The highest BCUT2D eigenvalue weighted by Crippen LogP contribution is 2.34. The zero-order valence-electron chi connectivity index (χ0n) is 20.3. The first-order valence-corrected chi connectivity index (χ1v) is 12.5. The van der Waals surface area contributed by atoms with E-state index in [-0.39, 0.29) is 30.7 Å². The molecule has 0 atom stereocenters. The van der Waals surface area contributed by atoms with Crippen LogP contribution in [0.15, 0.2) is 28.8 Å². The molecule has 10 nitrogen and oxygen atoms in total. The summed E-state index contributed by atoms with van der Waals surface area (Å²) in [5.74, 6) is 0.506. The van der Waals surface area contributed by atoms with Crippen molar-refractivity contribution < 1.29 is 18.9 Å². The van der Waals surface area contributed by atoms with Crippen LogP contribution in [-0.2, 0) is 21.5 Å². The van der Waals surface area contributed by atoms with E-state index in [1.54, 1.807) is 23.1 Å². The summed E-state index contributed by atoms with van der Waals surface area (Å²) in [6.45, 7) is 2.99. The number of rotatable bonds is 7. The molecule has 1 aliphatic carbocycles. The second-order valence-corrected chi connectivity index (χ2v) is 9.41. The van der Waals surface area contributed by atoms with E-state index in [0.717, 1.165) is 64.5 Å². The molecule has 3 N–H and O–H groups in total. The number of carbonyl (C=O) groups is 3. The summed E-state index contributed by atoms with van der Waals surface area (Å²) in [4.78, 5) is 43.3. The Balaban J connectivity index is 1.36. The Labute approximate surface area is 205 Å². The van der Waals surface area contributed by atoms with Gasteiger partial charge in [-0.05, 0) is 37.8 Å². The third-order valence-electron chi connectivity index (χ3n) is 6.67. The zero-order chi connectivity index (χ0) is 24.7. The van der Waals surface area contributed by atoms with Gasteiger partial charge in [0.1, 0.15) is 5.54 Å². The van der Waals surface area contributed by atoms with Gasteiger partial charge >= 0.3 is 6.03 Å². The highest BCUT2D eigenvalue weighted by molar-refractivity contribution is 5.99. The lowest BCUT2D eigenvalue weighted by molar-refractivity contribution is -0.121. The number of aryl methyl sites for hydroxylation is 1. The fraction of sp³-hybridized carbons (Fsp3) is 0.560. The van der Waals surface area contributed by atoms with Crippen LogP contribution in [0.25, 0.3) is 0 Å². The molecule has 1 aromatic carbocycles. The van der Waals surface area contributed by atoms with Crippen LogP contribution in [0.3, 0.4) is 0 Å². The van der Waals surface area contributed by atoms with E-state index in [4.69, 9.17) is 4.52 Å². The van der Waals surface area contributed by atoms with Gasteiger partial charge in [-0.1, -0.05) is 43.0 Å². The van der Waals surface area contributed by atoms with Gasteiger partial charge in [-0.25, -0.2) is 4.79 Å². The van der Waals surface area contributed by atoms with Crippen molar-refractivity contribution in [3.05, 3.63) is 36.0 Å². The molecule has 188 valence electrons. The third kappa shape index (κ3) is 6.37. The van der Waals surface area contributed by atoms with Crippen LogP contribution < -0.4 is 16.0 Å². The van der Waals surface area contributed by atoms with Gasteiger partial charge in [-0.3, -0.25) is 9.59 Å². The standard InChI is InChI=1S/C25H34N6O4/c1-18(32)29-25(14-6-2-3-7-15-25)23-28-22(35-30-23)13-12-21(33)26-19-10-4-5-11-20(19)27-24(34)31-16-8-9-17-31/h4-5,10-11H,2-3,6-9,12-17H2,1H3,(H,26,33)(H,27,34)(H,29,32). The van der Waals surface area contributed by atoms with Crippen LogP contribution in [-0.4, -0.2) is 46.0 Å². The van der Waals surface area contributed by atoms with Gasteiger partial charge in [-0.15, -0.1) is 0 Å². The van der Waals surface area contributed by atoms with Gasteiger partial charge in [0.15, 0.2) is 5.82 Å². The molecule has 2 aliphatic rings. The maximum Gasteiger partial charge on any atom is 0.321 e. The van der Waals surface area contributed by atoms with E-state index in [0.29, 0.717) is 23.1 Å². The first kappa shape index (κ1) is 24.7. The lowest BCUT2D eigenvalue weighted by Crippen LogP contribution is -2.45. The number of hydrogen-bond acceptors (Lipinski definition) is 6. The Kier molecular flexibility index (Phi) is 7.99. The fourth-order valence-electron chi connectivity index (χ4n) is 4.87. The number of likely N-dealkylation sites (tertiary alicyclic amines) is 1. The summed E-state index contributed by atoms with van der Waals surface area (Å²) >= 11 is 0. The average Bonchev–Trinajstić information content (AvgIpc) is 3.49. The number of nitrogens with one attached hydrogen (secondary N) is 3. The number of nitrogens with zero attached hydrogens (tertiary/aromatic N) is 3. The van der Waals surface area contributed by atoms with Crippen LogP contribution in [0, 0.1) is 0 Å². The van der Waals surface area contributed by atoms with Gasteiger partial charge in [0, 0.05) is 32.9 Å². The van der Waals surface area contributed by atoms with Gasteiger partial charge in [0.05, 0.1) is 11.4 Å². The Hall–Kier alpha value is -3.43. The quantitative estimate of drug-likeness (QED) is 0.512. The smallest absolute Gasteiger partial charge is 0.321 e. The molecule has 1 saturated carbocycles. The summed E-state index contributed by atoms with van der Waals surface area (Å²) in [6, 6.07) is 6.98. The number of anilines is 2. The van der Waals surface area contributed by atoms with Gasteiger partial charge in [0.25, 0.3) is 0 Å². The molecule has 2 fully saturated rings. The molecule has 0 radical (unpaired) electrons. The lowest BCUT2D eigenvalue weighted by atomic mass is 9.89. The number of urea groups is 1. The SMILES string of the molecule is CC(=O)NC1(c2noc(CCC(=O)Nc3ccccc3NC(=O)N3CCCC3)n2)CCCCCC1. The maximum absolute atomic E-state index is 12.7.